The van der Waals surface area contributed by atoms with Gasteiger partial charge in [0.15, 0.2) is 0 Å². The monoisotopic (exact) mass is 241 g/mol. The maximum Gasteiger partial charge on any atom is 0.0474 e. The highest BCUT2D eigenvalue weighted by Gasteiger charge is 2.21. The van der Waals surface area contributed by atoms with Gasteiger partial charge in [-0.05, 0) is 37.8 Å². The highest BCUT2D eigenvalue weighted by molar-refractivity contribution is 5.96. The van der Waals surface area contributed by atoms with E-state index in [9.17, 15) is 0 Å². The van der Waals surface area contributed by atoms with E-state index in [1.165, 1.54) is 16.5 Å². The van der Waals surface area contributed by atoms with Crippen LogP contribution in [-0.2, 0) is 0 Å². The molecule has 2 N–H and O–H groups in total. The lowest BCUT2D eigenvalue weighted by Crippen LogP contribution is -2.26. The summed E-state index contributed by atoms with van der Waals surface area (Å²) in [6, 6.07) is 8.93. The van der Waals surface area contributed by atoms with Gasteiger partial charge in [0.1, 0.15) is 0 Å². The Labute approximate surface area is 108 Å². The van der Waals surface area contributed by atoms with E-state index in [1.807, 2.05) is 6.92 Å². The molecule has 1 aliphatic heterocycles. The Morgan fingerprint density at radius 3 is 2.89 bits per heavy atom. The maximum absolute atomic E-state index is 6.01. The van der Waals surface area contributed by atoms with Crippen molar-refractivity contribution in [1.82, 2.24) is 4.98 Å². The van der Waals surface area contributed by atoms with E-state index in [4.69, 9.17) is 5.73 Å². The highest BCUT2D eigenvalue weighted by Crippen LogP contribution is 2.31. The molecule has 1 fully saturated rings. The first-order valence-electron chi connectivity index (χ1n) is 6.52. The molecule has 1 aromatic carbocycles. The van der Waals surface area contributed by atoms with Crippen molar-refractivity contribution in [2.75, 3.05) is 18.0 Å². The number of aryl methyl sites for hydroxylation is 2. The second-order valence-electron chi connectivity index (χ2n) is 5.22. The van der Waals surface area contributed by atoms with Crippen LogP contribution < -0.4 is 10.6 Å². The normalized spacial score (nSPS) is 19.7. The van der Waals surface area contributed by atoms with Gasteiger partial charge in [-0.25, -0.2) is 0 Å². The van der Waals surface area contributed by atoms with Crippen LogP contribution in [0, 0.1) is 13.8 Å². The van der Waals surface area contributed by atoms with Crippen LogP contribution in [0.4, 0.5) is 5.69 Å². The van der Waals surface area contributed by atoms with Gasteiger partial charge in [-0.3, -0.25) is 4.98 Å². The Morgan fingerprint density at radius 2 is 2.17 bits per heavy atom. The molecule has 0 spiro atoms. The minimum absolute atomic E-state index is 0.305. The summed E-state index contributed by atoms with van der Waals surface area (Å²) in [4.78, 5) is 6.98. The fraction of sp³-hybridized carbons (Fsp3) is 0.400. The quantitative estimate of drug-likeness (QED) is 0.833. The minimum atomic E-state index is 0.305. The fourth-order valence-electron chi connectivity index (χ4n) is 2.92. The molecule has 1 aliphatic rings. The first-order chi connectivity index (χ1) is 8.65. The highest BCUT2D eigenvalue weighted by atomic mass is 15.2. The molecule has 0 radical (unpaired) electrons. The molecule has 3 heteroatoms. The van der Waals surface area contributed by atoms with E-state index in [-0.39, 0.29) is 0 Å². The van der Waals surface area contributed by atoms with Gasteiger partial charge in [-0.15, -0.1) is 0 Å². The zero-order valence-corrected chi connectivity index (χ0v) is 11.0. The summed E-state index contributed by atoms with van der Waals surface area (Å²) in [7, 11) is 0. The SMILES string of the molecule is Cc1cc2cccc(N3CCC(N)C3)c2c(C)n1. The smallest absolute Gasteiger partial charge is 0.0474 e. The average molecular weight is 241 g/mol. The van der Waals surface area contributed by atoms with Gasteiger partial charge in [0.05, 0.1) is 0 Å². The van der Waals surface area contributed by atoms with E-state index in [0.717, 1.165) is 30.9 Å². The van der Waals surface area contributed by atoms with Gasteiger partial charge >= 0.3 is 0 Å². The van der Waals surface area contributed by atoms with Crippen molar-refractivity contribution >= 4 is 16.5 Å². The van der Waals surface area contributed by atoms with E-state index in [1.54, 1.807) is 0 Å². The molecule has 94 valence electrons. The van der Waals surface area contributed by atoms with Crippen LogP contribution in [0.3, 0.4) is 0 Å². The third-order valence-corrected chi connectivity index (χ3v) is 3.71. The van der Waals surface area contributed by atoms with Crippen LogP contribution in [-0.4, -0.2) is 24.1 Å². The molecule has 18 heavy (non-hydrogen) atoms. The Hall–Kier alpha value is -1.61. The molecular formula is C15H19N3. The molecule has 0 bridgehead atoms. The number of rotatable bonds is 1. The Bertz CT molecular complexity index is 592. The van der Waals surface area contributed by atoms with Crippen molar-refractivity contribution in [2.45, 2.75) is 26.3 Å². The Kier molecular flexibility index (Phi) is 2.71. The van der Waals surface area contributed by atoms with Gasteiger partial charge in [0, 0.05) is 41.6 Å². The fourth-order valence-corrected chi connectivity index (χ4v) is 2.92. The molecule has 1 unspecified atom stereocenters. The summed E-state index contributed by atoms with van der Waals surface area (Å²) in [5, 5.41) is 2.55. The van der Waals surface area contributed by atoms with Gasteiger partial charge in [-0.2, -0.15) is 0 Å². The number of nitrogens with two attached hydrogens (primary N) is 1. The molecular weight excluding hydrogens is 222 g/mol. The van der Waals surface area contributed by atoms with Crippen LogP contribution in [0.1, 0.15) is 17.8 Å². The molecule has 3 rings (SSSR count). The molecule has 0 saturated carbocycles. The lowest BCUT2D eigenvalue weighted by molar-refractivity contribution is 0.752. The maximum atomic E-state index is 6.01. The number of hydrogen-bond acceptors (Lipinski definition) is 3. The van der Waals surface area contributed by atoms with Crippen molar-refractivity contribution in [3.8, 4) is 0 Å². The second-order valence-corrected chi connectivity index (χ2v) is 5.22. The number of aromatic nitrogens is 1. The number of pyridine rings is 1. The lowest BCUT2D eigenvalue weighted by atomic mass is 10.1. The number of hydrogen-bond donors (Lipinski definition) is 1. The van der Waals surface area contributed by atoms with E-state index < -0.39 is 0 Å². The van der Waals surface area contributed by atoms with E-state index in [2.05, 4.69) is 41.1 Å². The number of nitrogens with zero attached hydrogens (tertiary/aromatic N) is 2. The molecule has 2 aromatic rings. The summed E-state index contributed by atoms with van der Waals surface area (Å²) in [6.07, 6.45) is 1.08. The molecule has 3 nitrogen and oxygen atoms in total. The number of fused-ring (bicyclic) bond motifs is 1. The standard InChI is InChI=1S/C15H19N3/c1-10-8-12-4-3-5-14(15(12)11(2)17-10)18-7-6-13(16)9-18/h3-5,8,13H,6-7,9,16H2,1-2H3. The van der Waals surface area contributed by atoms with Crippen molar-refractivity contribution in [1.29, 1.82) is 0 Å². The van der Waals surface area contributed by atoms with Crippen LogP contribution in [0.5, 0.6) is 0 Å². The molecule has 1 atom stereocenters. The summed E-state index contributed by atoms with van der Waals surface area (Å²) >= 11 is 0. The third-order valence-electron chi connectivity index (χ3n) is 3.71. The summed E-state index contributed by atoms with van der Waals surface area (Å²) in [5.74, 6) is 0. The number of benzene rings is 1. The zero-order valence-electron chi connectivity index (χ0n) is 11.0. The summed E-state index contributed by atoms with van der Waals surface area (Å²) in [6.45, 7) is 6.14. The van der Waals surface area contributed by atoms with Crippen molar-refractivity contribution < 1.29 is 0 Å². The van der Waals surface area contributed by atoms with Gasteiger partial charge in [0.2, 0.25) is 0 Å². The molecule has 2 heterocycles. The van der Waals surface area contributed by atoms with Gasteiger partial charge < -0.3 is 10.6 Å². The van der Waals surface area contributed by atoms with Crippen molar-refractivity contribution in [2.24, 2.45) is 5.73 Å². The van der Waals surface area contributed by atoms with Crippen LogP contribution in [0.2, 0.25) is 0 Å². The summed E-state index contributed by atoms with van der Waals surface area (Å²) < 4.78 is 0. The van der Waals surface area contributed by atoms with Gasteiger partial charge in [-0.1, -0.05) is 12.1 Å². The topological polar surface area (TPSA) is 42.1 Å². The Morgan fingerprint density at radius 1 is 1.33 bits per heavy atom. The third kappa shape index (κ3) is 1.85. The number of anilines is 1. The van der Waals surface area contributed by atoms with Crippen LogP contribution in [0.15, 0.2) is 24.3 Å². The van der Waals surface area contributed by atoms with Crippen molar-refractivity contribution in [3.63, 3.8) is 0 Å². The van der Waals surface area contributed by atoms with E-state index >= 15 is 0 Å². The largest absolute Gasteiger partial charge is 0.369 e. The summed E-state index contributed by atoms with van der Waals surface area (Å²) in [5.41, 5.74) is 9.49. The molecule has 0 amide bonds. The van der Waals surface area contributed by atoms with Crippen LogP contribution in [0.25, 0.3) is 10.8 Å². The Balaban J connectivity index is 2.17. The minimum Gasteiger partial charge on any atom is -0.369 e. The predicted octanol–water partition coefficient (Wildman–Crippen LogP) is 2.39. The average Bonchev–Trinajstić information content (AvgIpc) is 2.74. The first kappa shape index (κ1) is 11.5. The predicted molar refractivity (Wildman–Crippen MR) is 76.0 cm³/mol. The molecule has 1 aromatic heterocycles. The zero-order chi connectivity index (χ0) is 12.7. The first-order valence-corrected chi connectivity index (χ1v) is 6.52. The lowest BCUT2D eigenvalue weighted by Gasteiger charge is -2.21. The van der Waals surface area contributed by atoms with Crippen LogP contribution >= 0.6 is 0 Å². The van der Waals surface area contributed by atoms with Gasteiger partial charge in [0.25, 0.3) is 0 Å². The van der Waals surface area contributed by atoms with Crippen molar-refractivity contribution in [3.05, 3.63) is 35.7 Å². The molecule has 1 saturated heterocycles. The second kappa shape index (κ2) is 4.25. The van der Waals surface area contributed by atoms with E-state index in [0.29, 0.717) is 6.04 Å². The molecule has 0 aliphatic carbocycles.